The lowest BCUT2D eigenvalue weighted by atomic mass is 10.1. The Morgan fingerprint density at radius 3 is 2.46 bits per heavy atom. The minimum atomic E-state index is -3.77. The lowest BCUT2D eigenvalue weighted by molar-refractivity contribution is -0.117. The van der Waals surface area contributed by atoms with Crippen molar-refractivity contribution in [3.63, 3.8) is 0 Å². The van der Waals surface area contributed by atoms with E-state index in [9.17, 15) is 13.2 Å². The molecule has 0 saturated carbocycles. The third-order valence-electron chi connectivity index (χ3n) is 3.93. The number of carbonyl (C=O) groups excluding carboxylic acids is 1. The van der Waals surface area contributed by atoms with Gasteiger partial charge < -0.3 is 5.32 Å². The van der Waals surface area contributed by atoms with E-state index in [-0.39, 0.29) is 10.8 Å². The van der Waals surface area contributed by atoms with Gasteiger partial charge in [0, 0.05) is 5.69 Å². The fourth-order valence-corrected chi connectivity index (χ4v) is 4.15. The highest BCUT2D eigenvalue weighted by atomic mass is 32.2. The van der Waals surface area contributed by atoms with E-state index in [0.29, 0.717) is 17.9 Å². The van der Waals surface area contributed by atoms with Gasteiger partial charge in [0.2, 0.25) is 15.9 Å². The maximum absolute atomic E-state index is 12.7. The van der Waals surface area contributed by atoms with Crippen molar-refractivity contribution in [2.45, 2.75) is 31.2 Å². The highest BCUT2D eigenvalue weighted by Crippen LogP contribution is 2.18. The largest absolute Gasteiger partial charge is 0.324 e. The van der Waals surface area contributed by atoms with E-state index < -0.39 is 16.1 Å². The maximum atomic E-state index is 12.7. The van der Waals surface area contributed by atoms with Gasteiger partial charge in [-0.3, -0.25) is 4.79 Å². The fraction of sp³-hybridized carbons (Fsp3) is 0.316. The Morgan fingerprint density at radius 2 is 1.81 bits per heavy atom. The van der Waals surface area contributed by atoms with Crippen LogP contribution in [0.4, 0.5) is 5.69 Å². The number of thioether (sulfide) groups is 1. The highest BCUT2D eigenvalue weighted by molar-refractivity contribution is 7.98. The number of hydrogen-bond acceptors (Lipinski definition) is 4. The summed E-state index contributed by atoms with van der Waals surface area (Å²) in [6, 6.07) is 13.0. The standard InChI is InChI=1S/C19H24N2O3S2/c1-14-9-10-15(2)18(13-14)20-19(22)17(11-12-25-3)21-26(23,24)16-7-5-4-6-8-16/h4-10,13,17,21H,11-12H2,1-3H3,(H,20,22)/t17-/m1/s1. The minimum absolute atomic E-state index is 0.147. The summed E-state index contributed by atoms with van der Waals surface area (Å²) in [5, 5.41) is 2.86. The second kappa shape index (κ2) is 9.21. The van der Waals surface area contributed by atoms with Gasteiger partial charge in [-0.2, -0.15) is 16.5 Å². The second-order valence-electron chi connectivity index (χ2n) is 6.08. The number of anilines is 1. The van der Waals surface area contributed by atoms with Crippen molar-refractivity contribution in [3.05, 3.63) is 59.7 Å². The SMILES string of the molecule is CSCC[C@@H](NS(=O)(=O)c1ccccc1)C(=O)Nc1cc(C)ccc1C. The van der Waals surface area contributed by atoms with E-state index in [2.05, 4.69) is 10.0 Å². The normalized spacial score (nSPS) is 12.6. The number of hydrogen-bond donors (Lipinski definition) is 2. The molecule has 0 bridgehead atoms. The molecule has 2 aromatic rings. The van der Waals surface area contributed by atoms with E-state index in [4.69, 9.17) is 0 Å². The first kappa shape index (κ1) is 20.5. The molecular weight excluding hydrogens is 368 g/mol. The topological polar surface area (TPSA) is 75.3 Å². The van der Waals surface area contributed by atoms with Gasteiger partial charge in [-0.1, -0.05) is 30.3 Å². The predicted molar refractivity (Wildman–Crippen MR) is 108 cm³/mol. The lowest BCUT2D eigenvalue weighted by Crippen LogP contribution is -2.44. The van der Waals surface area contributed by atoms with Crippen molar-refractivity contribution < 1.29 is 13.2 Å². The quantitative estimate of drug-likeness (QED) is 0.722. The summed E-state index contributed by atoms with van der Waals surface area (Å²) in [5.41, 5.74) is 2.65. The van der Waals surface area contributed by atoms with Crippen molar-refractivity contribution in [2.75, 3.05) is 17.3 Å². The van der Waals surface area contributed by atoms with Gasteiger partial charge in [0.1, 0.15) is 6.04 Å². The Morgan fingerprint density at radius 1 is 1.12 bits per heavy atom. The molecule has 7 heteroatoms. The molecular formula is C19H24N2O3S2. The molecule has 140 valence electrons. The molecule has 0 heterocycles. The second-order valence-corrected chi connectivity index (χ2v) is 8.78. The van der Waals surface area contributed by atoms with Crippen LogP contribution in [-0.4, -0.2) is 32.4 Å². The molecule has 0 aliphatic rings. The Kier molecular flexibility index (Phi) is 7.25. The molecule has 0 aliphatic carbocycles. The van der Waals surface area contributed by atoms with Crippen LogP contribution in [0.25, 0.3) is 0 Å². The molecule has 0 aliphatic heterocycles. The summed E-state index contributed by atoms with van der Waals surface area (Å²) < 4.78 is 27.7. The molecule has 1 atom stereocenters. The first-order valence-corrected chi connectivity index (χ1v) is 11.2. The predicted octanol–water partition coefficient (Wildman–Crippen LogP) is 3.34. The van der Waals surface area contributed by atoms with Crippen molar-refractivity contribution in [3.8, 4) is 0 Å². The first-order chi connectivity index (χ1) is 12.3. The number of sulfonamides is 1. The molecule has 0 fully saturated rings. The van der Waals surface area contributed by atoms with Crippen LogP contribution in [0.1, 0.15) is 17.5 Å². The van der Waals surface area contributed by atoms with Crippen LogP contribution in [0.15, 0.2) is 53.4 Å². The average molecular weight is 393 g/mol. The van der Waals surface area contributed by atoms with Crippen molar-refractivity contribution >= 4 is 33.4 Å². The molecule has 26 heavy (non-hydrogen) atoms. The Labute approximate surface area is 159 Å². The zero-order valence-electron chi connectivity index (χ0n) is 15.2. The van der Waals surface area contributed by atoms with Crippen molar-refractivity contribution in [1.82, 2.24) is 4.72 Å². The number of benzene rings is 2. The summed E-state index contributed by atoms with van der Waals surface area (Å²) in [7, 11) is -3.77. The van der Waals surface area contributed by atoms with Crippen LogP contribution >= 0.6 is 11.8 Å². The van der Waals surface area contributed by atoms with Gasteiger partial charge in [-0.05, 0) is 61.6 Å². The summed E-state index contributed by atoms with van der Waals surface area (Å²) in [6.45, 7) is 3.85. The van der Waals surface area contributed by atoms with Gasteiger partial charge in [0.15, 0.2) is 0 Å². The summed E-state index contributed by atoms with van der Waals surface area (Å²) in [6.07, 6.45) is 2.33. The third kappa shape index (κ3) is 5.59. The monoisotopic (exact) mass is 392 g/mol. The number of carbonyl (C=O) groups is 1. The Balaban J connectivity index is 2.20. The van der Waals surface area contributed by atoms with E-state index in [1.54, 1.807) is 30.0 Å². The average Bonchev–Trinajstić information content (AvgIpc) is 2.62. The summed E-state index contributed by atoms with van der Waals surface area (Å²) in [5.74, 6) is 0.314. The van der Waals surface area contributed by atoms with Crippen LogP contribution in [-0.2, 0) is 14.8 Å². The van der Waals surface area contributed by atoms with Gasteiger partial charge in [0.25, 0.3) is 0 Å². The van der Waals surface area contributed by atoms with E-state index in [0.717, 1.165) is 11.1 Å². The van der Waals surface area contributed by atoms with Gasteiger partial charge in [-0.25, -0.2) is 8.42 Å². The number of rotatable bonds is 8. The first-order valence-electron chi connectivity index (χ1n) is 8.28. The molecule has 0 unspecified atom stereocenters. The molecule has 0 spiro atoms. The van der Waals surface area contributed by atoms with Crippen LogP contribution in [0.3, 0.4) is 0 Å². The molecule has 2 N–H and O–H groups in total. The lowest BCUT2D eigenvalue weighted by Gasteiger charge is -2.19. The maximum Gasteiger partial charge on any atom is 0.242 e. The smallest absolute Gasteiger partial charge is 0.242 e. The van der Waals surface area contributed by atoms with Crippen LogP contribution in [0.2, 0.25) is 0 Å². The van der Waals surface area contributed by atoms with Crippen LogP contribution in [0.5, 0.6) is 0 Å². The number of aryl methyl sites for hydroxylation is 2. The Hall–Kier alpha value is -1.83. The molecule has 2 aromatic carbocycles. The fourth-order valence-electron chi connectivity index (χ4n) is 2.42. The number of nitrogens with one attached hydrogen (secondary N) is 2. The summed E-state index contributed by atoms with van der Waals surface area (Å²) in [4.78, 5) is 12.9. The van der Waals surface area contributed by atoms with Gasteiger partial charge >= 0.3 is 0 Å². The Bertz CT molecular complexity index is 852. The zero-order chi connectivity index (χ0) is 19.2. The van der Waals surface area contributed by atoms with Gasteiger partial charge in [-0.15, -0.1) is 0 Å². The molecule has 2 rings (SSSR count). The van der Waals surface area contributed by atoms with Crippen LogP contribution < -0.4 is 10.0 Å². The van der Waals surface area contributed by atoms with E-state index in [1.165, 1.54) is 12.1 Å². The molecule has 0 aromatic heterocycles. The minimum Gasteiger partial charge on any atom is -0.324 e. The van der Waals surface area contributed by atoms with E-state index >= 15 is 0 Å². The van der Waals surface area contributed by atoms with Crippen molar-refractivity contribution in [1.29, 1.82) is 0 Å². The van der Waals surface area contributed by atoms with E-state index in [1.807, 2.05) is 38.3 Å². The third-order valence-corrected chi connectivity index (χ3v) is 6.06. The van der Waals surface area contributed by atoms with Crippen molar-refractivity contribution in [2.24, 2.45) is 0 Å². The molecule has 0 saturated heterocycles. The van der Waals surface area contributed by atoms with Gasteiger partial charge in [0.05, 0.1) is 4.90 Å². The molecule has 5 nitrogen and oxygen atoms in total. The molecule has 1 amide bonds. The molecule has 0 radical (unpaired) electrons. The highest BCUT2D eigenvalue weighted by Gasteiger charge is 2.25. The zero-order valence-corrected chi connectivity index (χ0v) is 16.8. The van der Waals surface area contributed by atoms with Crippen LogP contribution in [0, 0.1) is 13.8 Å². The summed E-state index contributed by atoms with van der Waals surface area (Å²) >= 11 is 1.57. The number of amides is 1.